The first-order valence-electron chi connectivity index (χ1n) is 2.99. The highest BCUT2D eigenvalue weighted by Gasteiger charge is 2.10. The molecule has 0 saturated carbocycles. The molecule has 0 aromatic rings. The smallest absolute Gasteiger partial charge is 0.183 e. The summed E-state index contributed by atoms with van der Waals surface area (Å²) in [5, 5.41) is 0. The van der Waals surface area contributed by atoms with Gasteiger partial charge in [0.15, 0.2) is 5.62 Å². The van der Waals surface area contributed by atoms with E-state index in [1.54, 1.807) is 0 Å². The summed E-state index contributed by atoms with van der Waals surface area (Å²) in [4.78, 5) is 0. The number of hydrogen-bond acceptors (Lipinski definition) is 3. The third kappa shape index (κ3) is 7.50. The lowest BCUT2D eigenvalue weighted by atomic mass is 10.8. The third-order valence-electron chi connectivity index (χ3n) is 0.710. The van der Waals surface area contributed by atoms with Gasteiger partial charge in [0.2, 0.25) is 0 Å². The third-order valence-corrected chi connectivity index (χ3v) is 5.87. The molecule has 0 aromatic carbocycles. The summed E-state index contributed by atoms with van der Waals surface area (Å²) in [7, 11) is 0. The summed E-state index contributed by atoms with van der Waals surface area (Å²) in [5.74, 6) is 0.716. The van der Waals surface area contributed by atoms with Crippen molar-refractivity contribution in [2.45, 2.75) is 6.92 Å². The van der Waals surface area contributed by atoms with Crippen molar-refractivity contribution in [2.75, 3.05) is 12.4 Å². The monoisotopic (exact) mass is 275 g/mol. The molecule has 0 aliphatic heterocycles. The van der Waals surface area contributed by atoms with E-state index in [1.165, 1.54) is 11.4 Å². The fourth-order valence-corrected chi connectivity index (χ4v) is 4.34. The van der Waals surface area contributed by atoms with Crippen molar-refractivity contribution in [3.63, 3.8) is 0 Å². The van der Waals surface area contributed by atoms with Gasteiger partial charge in [-0.15, -0.1) is 0 Å². The van der Waals surface area contributed by atoms with E-state index in [0.717, 1.165) is 4.48 Å². The molecule has 0 aromatic heterocycles. The van der Waals surface area contributed by atoms with Crippen LogP contribution in [0.25, 0.3) is 0 Å². The Kier molecular flexibility index (Phi) is 6.32. The minimum absolute atomic E-state index is 0.579. The van der Waals surface area contributed by atoms with Gasteiger partial charge in [-0.3, -0.25) is 5.50 Å². The van der Waals surface area contributed by atoms with Gasteiger partial charge in [0, 0.05) is 5.75 Å². The molecule has 6 heteroatoms. The minimum Gasteiger partial charge on any atom is -0.331 e. The molecule has 2 N–H and O–H groups in total. The Morgan fingerprint density at radius 2 is 2.45 bits per heavy atom. The summed E-state index contributed by atoms with van der Waals surface area (Å²) >= 11 is 9.70. The highest BCUT2D eigenvalue weighted by atomic mass is 79.9. The molecular weight excluding hydrogens is 265 g/mol. The highest BCUT2D eigenvalue weighted by molar-refractivity contribution is 9.12. The van der Waals surface area contributed by atoms with Crippen LogP contribution >= 0.6 is 32.9 Å². The molecule has 1 unspecified atom stereocenters. The van der Waals surface area contributed by atoms with Gasteiger partial charge in [-0.1, -0.05) is 33.9 Å². The van der Waals surface area contributed by atoms with Crippen LogP contribution in [0.2, 0.25) is 0 Å². The molecule has 0 amide bonds. The fourth-order valence-electron chi connectivity index (χ4n) is 0.377. The zero-order chi connectivity index (χ0) is 8.91. The standard InChI is InChI=1S/C5H11BrNOPS2/c1-3-8-9(7,10)11-4-5(2)6/h2-4H2,1H3,(H2,7,10). The maximum absolute atomic E-state index is 5.68. The Morgan fingerprint density at radius 1 is 1.91 bits per heavy atom. The van der Waals surface area contributed by atoms with Crippen LogP contribution in [0.3, 0.4) is 0 Å². The summed E-state index contributed by atoms with van der Waals surface area (Å²) in [5.41, 5.74) is 3.59. The number of hydrogen-bond donors (Lipinski definition) is 1. The predicted octanol–water partition coefficient (Wildman–Crippen LogP) is 2.85. The molecule has 0 fully saturated rings. The van der Waals surface area contributed by atoms with E-state index in [1.807, 2.05) is 6.92 Å². The van der Waals surface area contributed by atoms with Crippen molar-refractivity contribution in [1.82, 2.24) is 0 Å². The second-order valence-corrected chi connectivity index (χ2v) is 9.48. The van der Waals surface area contributed by atoms with Gasteiger partial charge in [0.1, 0.15) is 0 Å². The van der Waals surface area contributed by atoms with Crippen LogP contribution in [0, 0.1) is 0 Å². The normalized spacial score (nSPS) is 15.9. The zero-order valence-electron chi connectivity index (χ0n) is 6.25. The van der Waals surface area contributed by atoms with Crippen molar-refractivity contribution in [2.24, 2.45) is 5.50 Å². The number of halogens is 1. The second-order valence-electron chi connectivity index (χ2n) is 1.75. The first kappa shape index (κ1) is 12.1. The molecule has 0 radical (unpaired) electrons. The highest BCUT2D eigenvalue weighted by Crippen LogP contribution is 2.53. The van der Waals surface area contributed by atoms with Crippen LogP contribution < -0.4 is 5.50 Å². The van der Waals surface area contributed by atoms with E-state index in [-0.39, 0.29) is 0 Å². The molecule has 0 rings (SSSR count). The van der Waals surface area contributed by atoms with Crippen LogP contribution in [0.5, 0.6) is 0 Å². The van der Waals surface area contributed by atoms with Crippen LogP contribution in [0.1, 0.15) is 6.92 Å². The fraction of sp³-hybridized carbons (Fsp3) is 0.600. The molecular formula is C5H11BrNOPS2. The Morgan fingerprint density at radius 3 is 2.82 bits per heavy atom. The van der Waals surface area contributed by atoms with E-state index in [4.69, 9.17) is 21.8 Å². The van der Waals surface area contributed by atoms with E-state index in [2.05, 4.69) is 22.5 Å². The van der Waals surface area contributed by atoms with Gasteiger partial charge < -0.3 is 4.52 Å². The summed E-state index contributed by atoms with van der Waals surface area (Å²) in [6, 6.07) is 0. The number of nitrogens with two attached hydrogens (primary N) is 1. The Labute approximate surface area is 85.0 Å². The Bertz CT molecular complexity index is 187. The predicted molar refractivity (Wildman–Crippen MR) is 60.6 cm³/mol. The molecule has 0 aliphatic carbocycles. The van der Waals surface area contributed by atoms with E-state index in [0.29, 0.717) is 12.4 Å². The first-order valence-corrected chi connectivity index (χ1v) is 8.16. The van der Waals surface area contributed by atoms with E-state index in [9.17, 15) is 0 Å². The van der Waals surface area contributed by atoms with Gasteiger partial charge in [-0.2, -0.15) is 0 Å². The number of rotatable bonds is 5. The van der Waals surface area contributed by atoms with Gasteiger partial charge in [-0.25, -0.2) is 0 Å². The van der Waals surface area contributed by atoms with Gasteiger partial charge in [-0.05, 0) is 23.2 Å². The van der Waals surface area contributed by atoms with Crippen molar-refractivity contribution in [3.8, 4) is 0 Å². The van der Waals surface area contributed by atoms with Crippen molar-refractivity contribution in [1.29, 1.82) is 0 Å². The minimum atomic E-state index is -2.09. The Balaban J connectivity index is 3.73. The average molecular weight is 276 g/mol. The van der Waals surface area contributed by atoms with Crippen molar-refractivity contribution in [3.05, 3.63) is 11.1 Å². The summed E-state index contributed by atoms with van der Waals surface area (Å²) in [6.45, 7) is 6.14. The second kappa shape index (κ2) is 5.73. The maximum atomic E-state index is 5.68. The SMILES string of the molecule is C=C(Br)CSP(N)(=S)OCC. The lowest BCUT2D eigenvalue weighted by molar-refractivity contribution is 0.385. The van der Waals surface area contributed by atoms with Crippen molar-refractivity contribution < 1.29 is 4.52 Å². The molecule has 0 saturated heterocycles. The average Bonchev–Trinajstić information content (AvgIpc) is 1.84. The maximum Gasteiger partial charge on any atom is 0.183 e. The van der Waals surface area contributed by atoms with Crippen LogP contribution in [0.15, 0.2) is 11.1 Å². The molecule has 2 nitrogen and oxygen atoms in total. The molecule has 1 atom stereocenters. The van der Waals surface area contributed by atoms with Crippen LogP contribution in [-0.4, -0.2) is 12.4 Å². The van der Waals surface area contributed by atoms with E-state index >= 15 is 0 Å². The molecule has 0 bridgehead atoms. The first-order chi connectivity index (χ1) is 4.98. The van der Waals surface area contributed by atoms with Gasteiger partial charge >= 0.3 is 0 Å². The molecule has 0 aliphatic rings. The topological polar surface area (TPSA) is 35.2 Å². The van der Waals surface area contributed by atoms with Crippen LogP contribution in [-0.2, 0) is 16.3 Å². The largest absolute Gasteiger partial charge is 0.331 e. The molecule has 0 spiro atoms. The van der Waals surface area contributed by atoms with Crippen molar-refractivity contribution >= 4 is 44.7 Å². The quantitative estimate of drug-likeness (QED) is 0.783. The lowest BCUT2D eigenvalue weighted by Gasteiger charge is -2.14. The van der Waals surface area contributed by atoms with Gasteiger partial charge in [0.05, 0.1) is 6.61 Å². The summed E-state index contributed by atoms with van der Waals surface area (Å²) < 4.78 is 6.08. The van der Waals surface area contributed by atoms with Crippen LogP contribution in [0.4, 0.5) is 0 Å². The zero-order valence-corrected chi connectivity index (χ0v) is 10.4. The van der Waals surface area contributed by atoms with E-state index < -0.39 is 5.62 Å². The molecule has 66 valence electrons. The summed E-state index contributed by atoms with van der Waals surface area (Å²) in [6.07, 6.45) is 0. The molecule has 0 heterocycles. The molecule has 11 heavy (non-hydrogen) atoms. The van der Waals surface area contributed by atoms with Gasteiger partial charge in [0.25, 0.3) is 0 Å². The lowest BCUT2D eigenvalue weighted by Crippen LogP contribution is -1.96. The Hall–Kier alpha value is 1.14.